The van der Waals surface area contributed by atoms with Crippen LogP contribution in [0.1, 0.15) is 25.6 Å². The van der Waals surface area contributed by atoms with Gasteiger partial charge in [0, 0.05) is 11.4 Å². The number of nitrogens with zero attached hydrogens (tertiary/aromatic N) is 1. The Bertz CT molecular complexity index is 390. The monoisotopic (exact) mass is 274 g/mol. The lowest BCUT2D eigenvalue weighted by atomic mass is 10.0. The Hall–Kier alpha value is -0.580. The van der Waals surface area contributed by atoms with Crippen LogP contribution in [0.2, 0.25) is 4.34 Å². The highest BCUT2D eigenvalue weighted by Crippen LogP contribution is 2.23. The number of thiophene rings is 1. The predicted molar refractivity (Wildman–Crippen MR) is 73.6 cm³/mol. The number of hydrogen-bond donors (Lipinski definition) is 1. The maximum atomic E-state index is 12.3. The van der Waals surface area contributed by atoms with Gasteiger partial charge in [-0.2, -0.15) is 0 Å². The summed E-state index contributed by atoms with van der Waals surface area (Å²) < 4.78 is 0.761. The van der Waals surface area contributed by atoms with E-state index in [1.165, 1.54) is 11.3 Å². The molecule has 0 fully saturated rings. The van der Waals surface area contributed by atoms with Gasteiger partial charge in [-0.3, -0.25) is 4.79 Å². The van der Waals surface area contributed by atoms with Crippen LogP contribution >= 0.6 is 22.9 Å². The first kappa shape index (κ1) is 14.5. The molecule has 0 aromatic carbocycles. The van der Waals surface area contributed by atoms with Gasteiger partial charge in [0.2, 0.25) is 5.91 Å². The topological polar surface area (TPSA) is 32.3 Å². The Morgan fingerprint density at radius 1 is 1.53 bits per heavy atom. The van der Waals surface area contributed by atoms with E-state index in [4.69, 9.17) is 11.6 Å². The van der Waals surface area contributed by atoms with Crippen LogP contribution < -0.4 is 5.32 Å². The first-order chi connectivity index (χ1) is 7.90. The largest absolute Gasteiger partial charge is 0.336 e. The third-order valence-corrected chi connectivity index (χ3v) is 4.02. The molecular formula is C12H19ClN2OS. The zero-order chi connectivity index (χ0) is 13.1. The zero-order valence-corrected chi connectivity index (χ0v) is 12.3. The van der Waals surface area contributed by atoms with E-state index in [2.05, 4.69) is 5.32 Å². The zero-order valence-electron chi connectivity index (χ0n) is 10.7. The van der Waals surface area contributed by atoms with Crippen LogP contribution in [-0.2, 0) is 11.3 Å². The van der Waals surface area contributed by atoms with E-state index in [0.717, 1.165) is 9.21 Å². The minimum absolute atomic E-state index is 0.104. The Labute approximate surface area is 112 Å². The molecule has 1 amide bonds. The van der Waals surface area contributed by atoms with E-state index in [9.17, 15) is 4.79 Å². The molecule has 1 aromatic heterocycles. The molecule has 0 spiro atoms. The molecular weight excluding hydrogens is 256 g/mol. The fourth-order valence-corrected chi connectivity index (χ4v) is 2.56. The van der Waals surface area contributed by atoms with Gasteiger partial charge in [0.25, 0.3) is 0 Å². The molecule has 0 unspecified atom stereocenters. The lowest BCUT2D eigenvalue weighted by Crippen LogP contribution is -2.52. The Morgan fingerprint density at radius 3 is 2.59 bits per heavy atom. The van der Waals surface area contributed by atoms with E-state index < -0.39 is 5.54 Å². The van der Waals surface area contributed by atoms with Crippen LogP contribution in [-0.4, -0.2) is 29.9 Å². The van der Waals surface area contributed by atoms with Crippen molar-refractivity contribution >= 4 is 28.8 Å². The third-order valence-electron chi connectivity index (χ3n) is 2.80. The lowest BCUT2D eigenvalue weighted by molar-refractivity contribution is -0.137. The Morgan fingerprint density at radius 2 is 2.18 bits per heavy atom. The summed E-state index contributed by atoms with van der Waals surface area (Å²) in [5.41, 5.74) is -0.531. The Balaban J connectivity index is 2.75. The van der Waals surface area contributed by atoms with E-state index in [0.29, 0.717) is 13.1 Å². The van der Waals surface area contributed by atoms with Gasteiger partial charge < -0.3 is 10.2 Å². The second kappa shape index (κ2) is 5.85. The van der Waals surface area contributed by atoms with Gasteiger partial charge in [-0.25, -0.2) is 0 Å². The van der Waals surface area contributed by atoms with E-state index in [1.54, 1.807) is 7.05 Å². The summed E-state index contributed by atoms with van der Waals surface area (Å²) in [4.78, 5) is 15.2. The van der Waals surface area contributed by atoms with Crippen molar-refractivity contribution < 1.29 is 4.79 Å². The van der Waals surface area contributed by atoms with Crippen molar-refractivity contribution in [2.45, 2.75) is 32.9 Å². The molecule has 17 heavy (non-hydrogen) atoms. The van der Waals surface area contributed by atoms with Crippen molar-refractivity contribution in [3.05, 3.63) is 21.3 Å². The normalized spacial score (nSPS) is 11.6. The SMILES string of the molecule is CCN(Cc1ccc(Cl)s1)C(=O)C(C)(C)NC. The van der Waals surface area contributed by atoms with Gasteiger partial charge in [0.05, 0.1) is 16.4 Å². The summed E-state index contributed by atoms with van der Waals surface area (Å²) >= 11 is 7.40. The molecule has 96 valence electrons. The first-order valence-corrected chi connectivity index (χ1v) is 6.82. The highest BCUT2D eigenvalue weighted by molar-refractivity contribution is 7.16. The molecule has 0 aliphatic carbocycles. The summed E-state index contributed by atoms with van der Waals surface area (Å²) in [5.74, 6) is 0.104. The second-order valence-corrected chi connectivity index (χ2v) is 6.20. The fraction of sp³-hybridized carbons (Fsp3) is 0.583. The fourth-order valence-electron chi connectivity index (χ4n) is 1.45. The number of carbonyl (C=O) groups is 1. The number of likely N-dealkylation sites (N-methyl/N-ethyl adjacent to an activating group) is 2. The van der Waals surface area contributed by atoms with Gasteiger partial charge in [0.15, 0.2) is 0 Å². The summed E-state index contributed by atoms with van der Waals surface area (Å²) in [6.45, 7) is 7.08. The van der Waals surface area contributed by atoms with Gasteiger partial charge in [0.1, 0.15) is 0 Å². The van der Waals surface area contributed by atoms with Crippen LogP contribution in [0.4, 0.5) is 0 Å². The molecule has 1 rings (SSSR count). The molecule has 1 heterocycles. The Kier molecular flexibility index (Phi) is 4.98. The van der Waals surface area contributed by atoms with Crippen molar-refractivity contribution in [3.63, 3.8) is 0 Å². The number of carbonyl (C=O) groups excluding carboxylic acids is 1. The van der Waals surface area contributed by atoms with Crippen LogP contribution in [0.15, 0.2) is 12.1 Å². The maximum absolute atomic E-state index is 12.3. The molecule has 0 bridgehead atoms. The third kappa shape index (κ3) is 3.69. The predicted octanol–water partition coefficient (Wildman–Crippen LogP) is 2.75. The minimum atomic E-state index is -0.531. The number of nitrogens with one attached hydrogen (secondary N) is 1. The van der Waals surface area contributed by atoms with Crippen molar-refractivity contribution in [3.8, 4) is 0 Å². The first-order valence-electron chi connectivity index (χ1n) is 5.63. The number of amides is 1. The van der Waals surface area contributed by atoms with Gasteiger partial charge in [-0.15, -0.1) is 11.3 Å². The van der Waals surface area contributed by atoms with Crippen molar-refractivity contribution in [2.24, 2.45) is 0 Å². The molecule has 0 saturated carbocycles. The van der Waals surface area contributed by atoms with E-state index in [1.807, 2.05) is 37.8 Å². The van der Waals surface area contributed by atoms with Crippen molar-refractivity contribution in [1.82, 2.24) is 10.2 Å². The van der Waals surface area contributed by atoms with Crippen LogP contribution in [0.3, 0.4) is 0 Å². The summed E-state index contributed by atoms with van der Waals surface area (Å²) in [7, 11) is 1.80. The highest BCUT2D eigenvalue weighted by Gasteiger charge is 2.29. The molecule has 5 heteroatoms. The molecule has 0 aliphatic heterocycles. The molecule has 1 aromatic rings. The van der Waals surface area contributed by atoms with Crippen molar-refractivity contribution in [1.29, 1.82) is 0 Å². The highest BCUT2D eigenvalue weighted by atomic mass is 35.5. The van der Waals surface area contributed by atoms with E-state index >= 15 is 0 Å². The molecule has 0 aliphatic rings. The quantitative estimate of drug-likeness (QED) is 0.895. The smallest absolute Gasteiger partial charge is 0.242 e. The molecule has 1 N–H and O–H groups in total. The number of hydrogen-bond acceptors (Lipinski definition) is 3. The average Bonchev–Trinajstić information content (AvgIpc) is 2.70. The molecule has 0 saturated heterocycles. The maximum Gasteiger partial charge on any atom is 0.242 e. The standard InChI is InChI=1S/C12H19ClN2OS/c1-5-15(11(16)12(2,3)14-4)8-9-6-7-10(13)17-9/h6-7,14H,5,8H2,1-4H3. The van der Waals surface area contributed by atoms with Gasteiger partial charge >= 0.3 is 0 Å². The lowest BCUT2D eigenvalue weighted by Gasteiger charge is -2.30. The van der Waals surface area contributed by atoms with Gasteiger partial charge in [-0.1, -0.05) is 11.6 Å². The molecule has 0 atom stereocenters. The second-order valence-electron chi connectivity index (χ2n) is 4.40. The van der Waals surface area contributed by atoms with E-state index in [-0.39, 0.29) is 5.91 Å². The van der Waals surface area contributed by atoms with Crippen molar-refractivity contribution in [2.75, 3.05) is 13.6 Å². The van der Waals surface area contributed by atoms with Crippen LogP contribution in [0, 0.1) is 0 Å². The number of halogens is 1. The average molecular weight is 275 g/mol. The number of rotatable bonds is 5. The summed E-state index contributed by atoms with van der Waals surface area (Å²) in [6, 6.07) is 3.83. The van der Waals surface area contributed by atoms with Gasteiger partial charge in [-0.05, 0) is 40.0 Å². The summed E-state index contributed by atoms with van der Waals surface area (Å²) in [5, 5.41) is 3.03. The van der Waals surface area contributed by atoms with Crippen LogP contribution in [0.25, 0.3) is 0 Å². The molecule has 0 radical (unpaired) electrons. The summed E-state index contributed by atoms with van der Waals surface area (Å²) in [6.07, 6.45) is 0. The van der Waals surface area contributed by atoms with Crippen LogP contribution in [0.5, 0.6) is 0 Å². The minimum Gasteiger partial charge on any atom is -0.336 e. The molecule has 3 nitrogen and oxygen atoms in total.